The van der Waals surface area contributed by atoms with Crippen LogP contribution in [-0.2, 0) is 38.4 Å². The van der Waals surface area contributed by atoms with Crippen molar-refractivity contribution in [1.82, 2.24) is 16.0 Å². The van der Waals surface area contributed by atoms with Crippen LogP contribution in [0.15, 0.2) is 84.9 Å². The van der Waals surface area contributed by atoms with E-state index in [9.17, 15) is 34.5 Å². The molecule has 0 aliphatic carbocycles. The minimum Gasteiger partial charge on any atom is -0.508 e. The average Bonchev–Trinajstić information content (AvgIpc) is 2.97. The number of amides is 3. The molecule has 11 nitrogen and oxygen atoms in total. The standard InChI is InChI=1S/C30H34N4O7/c31-23(15-21-11-13-22(36)14-12-21)27(37)34-26(18-35)29(39)32-24(16-19-7-3-1-4-8-19)28(38)33-25(30(40)41)17-20-9-5-2-6-10-20/h1-14,23-26,35-36H,15-18,31H2,(H,32,39)(H,33,38)(H,34,37)(H,40,41). The molecule has 11 heteroatoms. The third-order valence-corrected chi connectivity index (χ3v) is 6.36. The van der Waals surface area contributed by atoms with Crippen molar-refractivity contribution in [2.24, 2.45) is 5.73 Å². The number of carboxylic acid groups (broad SMARTS) is 1. The van der Waals surface area contributed by atoms with Gasteiger partial charge >= 0.3 is 5.97 Å². The Labute approximate surface area is 237 Å². The number of benzene rings is 3. The van der Waals surface area contributed by atoms with Gasteiger partial charge in [0.15, 0.2) is 0 Å². The van der Waals surface area contributed by atoms with E-state index in [1.54, 1.807) is 72.8 Å². The van der Waals surface area contributed by atoms with E-state index in [0.717, 1.165) is 0 Å². The molecule has 0 aromatic heterocycles. The number of aliphatic carboxylic acids is 1. The molecule has 0 spiro atoms. The summed E-state index contributed by atoms with van der Waals surface area (Å²) < 4.78 is 0. The Hall–Kier alpha value is -4.74. The average molecular weight is 563 g/mol. The van der Waals surface area contributed by atoms with Crippen LogP contribution in [0.3, 0.4) is 0 Å². The van der Waals surface area contributed by atoms with E-state index >= 15 is 0 Å². The number of aromatic hydroxyl groups is 1. The number of carboxylic acids is 1. The van der Waals surface area contributed by atoms with Gasteiger partial charge < -0.3 is 37.0 Å². The Morgan fingerprint density at radius 2 is 1.05 bits per heavy atom. The van der Waals surface area contributed by atoms with Crippen molar-refractivity contribution in [3.63, 3.8) is 0 Å². The SMILES string of the molecule is NC(Cc1ccc(O)cc1)C(=O)NC(CO)C(=O)NC(Cc1ccccc1)C(=O)NC(Cc1ccccc1)C(=O)O. The zero-order valence-corrected chi connectivity index (χ0v) is 22.3. The quantitative estimate of drug-likeness (QED) is 0.146. The van der Waals surface area contributed by atoms with E-state index in [-0.39, 0.29) is 25.0 Å². The van der Waals surface area contributed by atoms with Crippen LogP contribution in [0.1, 0.15) is 16.7 Å². The monoisotopic (exact) mass is 562 g/mol. The second-order valence-corrected chi connectivity index (χ2v) is 9.56. The maximum absolute atomic E-state index is 13.3. The van der Waals surface area contributed by atoms with Gasteiger partial charge in [-0.25, -0.2) is 4.79 Å². The summed E-state index contributed by atoms with van der Waals surface area (Å²) in [4.78, 5) is 51.0. The molecular formula is C30H34N4O7. The number of carbonyl (C=O) groups is 4. The predicted octanol–water partition coefficient (Wildman–Crippen LogP) is 0.279. The van der Waals surface area contributed by atoms with Crippen LogP contribution in [0.4, 0.5) is 0 Å². The number of nitrogens with two attached hydrogens (primary N) is 1. The maximum atomic E-state index is 13.3. The molecule has 3 amide bonds. The van der Waals surface area contributed by atoms with Gasteiger partial charge in [0.05, 0.1) is 12.6 Å². The molecule has 3 aromatic rings. The fourth-order valence-corrected chi connectivity index (χ4v) is 4.11. The van der Waals surface area contributed by atoms with Gasteiger partial charge in [-0.05, 0) is 35.2 Å². The first-order chi connectivity index (χ1) is 19.7. The lowest BCUT2D eigenvalue weighted by atomic mass is 10.0. The Morgan fingerprint density at radius 3 is 1.56 bits per heavy atom. The van der Waals surface area contributed by atoms with Gasteiger partial charge in [0.25, 0.3) is 0 Å². The number of phenols is 1. The number of phenolic OH excluding ortho intramolecular Hbond substituents is 1. The lowest BCUT2D eigenvalue weighted by Crippen LogP contribution is -2.58. The van der Waals surface area contributed by atoms with Gasteiger partial charge in [-0.3, -0.25) is 14.4 Å². The Kier molecular flexibility index (Phi) is 11.4. The number of hydrogen-bond acceptors (Lipinski definition) is 7. The van der Waals surface area contributed by atoms with E-state index in [4.69, 9.17) is 5.73 Å². The molecule has 0 heterocycles. The van der Waals surface area contributed by atoms with E-state index < -0.39 is 54.5 Å². The smallest absolute Gasteiger partial charge is 0.326 e. The topological polar surface area (TPSA) is 191 Å². The molecule has 0 aliphatic heterocycles. The fraction of sp³-hybridized carbons (Fsp3) is 0.267. The van der Waals surface area contributed by atoms with Gasteiger partial charge in [0.1, 0.15) is 23.9 Å². The Balaban J connectivity index is 1.70. The van der Waals surface area contributed by atoms with Crippen molar-refractivity contribution in [2.45, 2.75) is 43.4 Å². The van der Waals surface area contributed by atoms with E-state index in [0.29, 0.717) is 16.7 Å². The van der Waals surface area contributed by atoms with Crippen LogP contribution < -0.4 is 21.7 Å². The molecule has 4 unspecified atom stereocenters. The molecular weight excluding hydrogens is 528 g/mol. The number of carbonyl (C=O) groups excluding carboxylic acids is 3. The molecule has 0 saturated heterocycles. The predicted molar refractivity (Wildman–Crippen MR) is 151 cm³/mol. The molecule has 0 aliphatic rings. The van der Waals surface area contributed by atoms with Crippen LogP contribution >= 0.6 is 0 Å². The van der Waals surface area contributed by atoms with Crippen molar-refractivity contribution in [2.75, 3.05) is 6.61 Å². The summed E-state index contributed by atoms with van der Waals surface area (Å²) >= 11 is 0. The summed E-state index contributed by atoms with van der Waals surface area (Å²) in [6.45, 7) is -0.769. The molecule has 41 heavy (non-hydrogen) atoms. The molecule has 0 fully saturated rings. The Morgan fingerprint density at radius 1 is 0.610 bits per heavy atom. The van der Waals surface area contributed by atoms with Crippen molar-refractivity contribution >= 4 is 23.7 Å². The minimum atomic E-state index is -1.42. The number of nitrogens with one attached hydrogen (secondary N) is 3. The molecule has 0 saturated carbocycles. The number of aliphatic hydroxyl groups is 1. The summed E-state index contributed by atoms with van der Waals surface area (Å²) in [6, 6.07) is 18.8. The van der Waals surface area contributed by atoms with Crippen molar-refractivity contribution in [3.05, 3.63) is 102 Å². The largest absolute Gasteiger partial charge is 0.508 e. The molecule has 3 aromatic carbocycles. The van der Waals surface area contributed by atoms with Gasteiger partial charge in [0.2, 0.25) is 17.7 Å². The minimum absolute atomic E-state index is 0.0299. The Bertz CT molecular complexity index is 1300. The normalized spacial score (nSPS) is 13.7. The lowest BCUT2D eigenvalue weighted by molar-refractivity contribution is -0.142. The van der Waals surface area contributed by atoms with Gasteiger partial charge in [-0.15, -0.1) is 0 Å². The highest BCUT2D eigenvalue weighted by atomic mass is 16.4. The second-order valence-electron chi connectivity index (χ2n) is 9.56. The summed E-state index contributed by atoms with van der Waals surface area (Å²) in [5.74, 6) is -3.46. The van der Waals surface area contributed by atoms with Crippen LogP contribution in [0.5, 0.6) is 5.75 Å². The second kappa shape index (κ2) is 15.2. The summed E-state index contributed by atoms with van der Waals surface area (Å²) in [7, 11) is 0. The summed E-state index contributed by atoms with van der Waals surface area (Å²) in [5, 5.41) is 36.4. The molecule has 4 atom stereocenters. The van der Waals surface area contributed by atoms with Crippen LogP contribution in [-0.4, -0.2) is 69.8 Å². The maximum Gasteiger partial charge on any atom is 0.326 e. The molecule has 8 N–H and O–H groups in total. The van der Waals surface area contributed by atoms with Gasteiger partial charge in [-0.1, -0.05) is 72.8 Å². The van der Waals surface area contributed by atoms with Gasteiger partial charge in [-0.2, -0.15) is 0 Å². The van der Waals surface area contributed by atoms with Gasteiger partial charge in [0, 0.05) is 12.8 Å². The number of rotatable bonds is 14. The summed E-state index contributed by atoms with van der Waals surface area (Å²) in [5.41, 5.74) is 8.06. The highest BCUT2D eigenvalue weighted by Gasteiger charge is 2.30. The van der Waals surface area contributed by atoms with E-state index in [2.05, 4.69) is 16.0 Å². The highest BCUT2D eigenvalue weighted by molar-refractivity contribution is 5.94. The number of hydrogen-bond donors (Lipinski definition) is 7. The van der Waals surface area contributed by atoms with Crippen molar-refractivity contribution < 1.29 is 34.5 Å². The first kappa shape index (κ1) is 30.8. The van der Waals surface area contributed by atoms with Crippen LogP contribution in [0.25, 0.3) is 0 Å². The van der Waals surface area contributed by atoms with E-state index in [1.165, 1.54) is 12.1 Å². The first-order valence-corrected chi connectivity index (χ1v) is 13.0. The van der Waals surface area contributed by atoms with Crippen LogP contribution in [0, 0.1) is 0 Å². The third kappa shape index (κ3) is 9.75. The first-order valence-electron chi connectivity index (χ1n) is 13.0. The van der Waals surface area contributed by atoms with E-state index in [1.807, 2.05) is 0 Å². The van der Waals surface area contributed by atoms with Crippen LogP contribution in [0.2, 0.25) is 0 Å². The van der Waals surface area contributed by atoms with Crippen molar-refractivity contribution in [1.29, 1.82) is 0 Å². The summed E-state index contributed by atoms with van der Waals surface area (Å²) in [6.07, 6.45) is 0.174. The molecule has 0 radical (unpaired) electrons. The highest BCUT2D eigenvalue weighted by Crippen LogP contribution is 2.11. The third-order valence-electron chi connectivity index (χ3n) is 6.36. The molecule has 3 rings (SSSR count). The zero-order valence-electron chi connectivity index (χ0n) is 22.3. The zero-order chi connectivity index (χ0) is 29.8. The van der Waals surface area contributed by atoms with Crippen molar-refractivity contribution in [3.8, 4) is 5.75 Å². The molecule has 0 bridgehead atoms. The molecule has 216 valence electrons. The number of aliphatic hydroxyl groups excluding tert-OH is 1. The fourth-order valence-electron chi connectivity index (χ4n) is 4.11. The lowest BCUT2D eigenvalue weighted by Gasteiger charge is -2.24.